The van der Waals surface area contributed by atoms with Crippen LogP contribution in [-0.4, -0.2) is 0 Å². The molecule has 0 bridgehead atoms. The zero-order chi connectivity index (χ0) is 33.7. The van der Waals surface area contributed by atoms with Crippen LogP contribution in [0.3, 0.4) is 0 Å². The van der Waals surface area contributed by atoms with Crippen LogP contribution in [0.15, 0.2) is 186 Å². The topological polar surface area (TPSA) is 34.4 Å². The summed E-state index contributed by atoms with van der Waals surface area (Å²) in [5.74, 6) is 2.30. The molecule has 0 saturated heterocycles. The van der Waals surface area contributed by atoms with Gasteiger partial charge in [-0.25, -0.2) is 0 Å². The predicted molar refractivity (Wildman–Crippen MR) is 210 cm³/mol. The number of hydrogen-bond acceptors (Lipinski definition) is 3. The van der Waals surface area contributed by atoms with Gasteiger partial charge in [0.2, 0.25) is 0 Å². The molecular weight excluding hydrogens is 623 g/mol. The molecule has 3 nitrogen and oxygen atoms in total. The average Bonchev–Trinajstić information content (AvgIpc) is 3.78. The lowest BCUT2D eigenvalue weighted by atomic mass is 9.87. The molecule has 7 aromatic carbocycles. The van der Waals surface area contributed by atoms with Crippen molar-refractivity contribution >= 4 is 38.9 Å². The molecule has 0 saturated carbocycles. The van der Waals surface area contributed by atoms with Crippen LogP contribution in [0.2, 0.25) is 0 Å². The lowest BCUT2D eigenvalue weighted by Crippen LogP contribution is -2.05. The Bertz CT molecular complexity index is 2650. The number of hydrogen-bond donors (Lipinski definition) is 1. The van der Waals surface area contributed by atoms with Crippen LogP contribution in [-0.2, 0) is 0 Å². The Morgan fingerprint density at radius 2 is 1.20 bits per heavy atom. The van der Waals surface area contributed by atoms with Gasteiger partial charge in [-0.1, -0.05) is 133 Å². The summed E-state index contributed by atoms with van der Waals surface area (Å²) in [6.07, 6.45) is 5.43. The van der Waals surface area contributed by atoms with E-state index >= 15 is 0 Å². The van der Waals surface area contributed by atoms with Crippen molar-refractivity contribution in [3.63, 3.8) is 0 Å². The van der Waals surface area contributed by atoms with Crippen LogP contribution in [0, 0.1) is 0 Å². The zero-order valence-corrected chi connectivity index (χ0v) is 27.8. The van der Waals surface area contributed by atoms with Gasteiger partial charge < -0.3 is 14.5 Å². The molecule has 3 heteroatoms. The van der Waals surface area contributed by atoms with Crippen LogP contribution >= 0.6 is 0 Å². The third-order valence-corrected chi connectivity index (χ3v) is 10.3. The Morgan fingerprint density at radius 3 is 2.00 bits per heavy atom. The highest BCUT2D eigenvalue weighted by molar-refractivity contribution is 6.17. The van der Waals surface area contributed by atoms with Gasteiger partial charge in [-0.3, -0.25) is 0 Å². The van der Waals surface area contributed by atoms with Crippen molar-refractivity contribution in [2.75, 3.05) is 5.32 Å². The first-order valence-electron chi connectivity index (χ1n) is 17.5. The van der Waals surface area contributed by atoms with E-state index in [0.29, 0.717) is 0 Å². The molecule has 1 N–H and O–H groups in total. The van der Waals surface area contributed by atoms with E-state index in [-0.39, 0.29) is 5.92 Å². The second kappa shape index (κ2) is 12.1. The average molecular weight is 656 g/mol. The van der Waals surface area contributed by atoms with Gasteiger partial charge in [-0.15, -0.1) is 0 Å². The molecule has 8 aromatic rings. The van der Waals surface area contributed by atoms with Gasteiger partial charge in [0, 0.05) is 28.1 Å². The monoisotopic (exact) mass is 655 g/mol. The highest BCUT2D eigenvalue weighted by Gasteiger charge is 2.32. The van der Waals surface area contributed by atoms with Gasteiger partial charge >= 0.3 is 0 Å². The third kappa shape index (κ3) is 5.05. The fourth-order valence-corrected chi connectivity index (χ4v) is 7.85. The smallest absolute Gasteiger partial charge is 0.137 e. The lowest BCUT2D eigenvalue weighted by Gasteiger charge is -2.18. The molecule has 2 aliphatic rings. The van der Waals surface area contributed by atoms with E-state index in [9.17, 15) is 0 Å². The molecule has 1 aliphatic heterocycles. The number of ether oxygens (including phenoxy) is 1. The second-order valence-electron chi connectivity index (χ2n) is 13.3. The first-order valence-corrected chi connectivity index (χ1v) is 17.5. The molecule has 0 fully saturated rings. The Labute approximate surface area is 296 Å². The molecule has 1 atom stereocenters. The summed E-state index contributed by atoms with van der Waals surface area (Å²) in [5, 5.41) is 5.91. The van der Waals surface area contributed by atoms with Gasteiger partial charge in [-0.2, -0.15) is 0 Å². The Morgan fingerprint density at radius 1 is 0.510 bits per heavy atom. The number of para-hydroxylation sites is 1. The van der Waals surface area contributed by atoms with Crippen molar-refractivity contribution in [1.29, 1.82) is 0 Å². The summed E-state index contributed by atoms with van der Waals surface area (Å²) < 4.78 is 12.9. The predicted octanol–water partition coefficient (Wildman–Crippen LogP) is 13.2. The number of anilines is 2. The Kier molecular flexibility index (Phi) is 6.95. The van der Waals surface area contributed by atoms with E-state index in [1.807, 2.05) is 6.07 Å². The van der Waals surface area contributed by atoms with E-state index in [2.05, 4.69) is 175 Å². The van der Waals surface area contributed by atoms with Gasteiger partial charge in [-0.05, 0) is 87.8 Å². The minimum atomic E-state index is 0.276. The summed E-state index contributed by atoms with van der Waals surface area (Å²) >= 11 is 0. The summed E-state index contributed by atoms with van der Waals surface area (Å²) in [6, 6.07) is 57.8. The normalized spacial score (nSPS) is 14.8. The molecule has 0 amide bonds. The Hall–Kier alpha value is -6.58. The van der Waals surface area contributed by atoms with Gasteiger partial charge in [0.1, 0.15) is 22.7 Å². The minimum Gasteiger partial charge on any atom is -0.460 e. The highest BCUT2D eigenvalue weighted by atomic mass is 16.5. The fourth-order valence-electron chi connectivity index (χ4n) is 7.85. The van der Waals surface area contributed by atoms with Crippen LogP contribution in [0.5, 0.6) is 5.75 Å². The highest BCUT2D eigenvalue weighted by Crippen LogP contribution is 2.48. The number of nitrogens with one attached hydrogen (secondary N) is 1. The van der Waals surface area contributed by atoms with Gasteiger partial charge in [0.05, 0.1) is 11.1 Å². The largest absolute Gasteiger partial charge is 0.460 e. The summed E-state index contributed by atoms with van der Waals surface area (Å²) in [7, 11) is 0. The molecule has 51 heavy (non-hydrogen) atoms. The number of fused-ring (bicyclic) bond motifs is 6. The number of rotatable bonds is 6. The van der Waals surface area contributed by atoms with Gasteiger partial charge in [0.25, 0.3) is 0 Å². The molecule has 0 spiro atoms. The molecular formula is C48H33NO2. The standard InChI is InChI=1S/C48H33NO2/c1-3-12-31(13-4-1)36-29-26-34(30-41(36)32-14-5-2-6-15-32)37-17-10-22-44-46(37)47-42(20-11-23-45(47)50-44)49-35-27-24-33(25-28-35)38-18-9-19-40-39-16-7-8-21-43(39)51-48(38)40/h1-18,20-30,40,49H,19H2. The molecule has 2 heterocycles. The molecule has 0 radical (unpaired) electrons. The SMILES string of the molecule is C1=CC(c2ccc(Nc3cccc4oc5cccc(-c6ccc(-c7ccccc7)c(-c7ccccc7)c6)c5c34)cc2)=C2Oc3ccccc3C2C1. The fraction of sp³-hybridized carbons (Fsp3) is 0.0417. The van der Waals surface area contributed by atoms with Crippen molar-refractivity contribution in [2.24, 2.45) is 0 Å². The number of allylic oxidation sites excluding steroid dienone is 4. The number of benzene rings is 7. The van der Waals surface area contributed by atoms with Crippen molar-refractivity contribution in [3.05, 3.63) is 193 Å². The van der Waals surface area contributed by atoms with E-state index < -0.39 is 0 Å². The Balaban J connectivity index is 1.04. The van der Waals surface area contributed by atoms with Crippen LogP contribution in [0.25, 0.3) is 60.9 Å². The first kappa shape index (κ1) is 29.3. The van der Waals surface area contributed by atoms with Crippen LogP contribution < -0.4 is 10.1 Å². The third-order valence-electron chi connectivity index (χ3n) is 10.3. The lowest BCUT2D eigenvalue weighted by molar-refractivity contribution is 0.429. The first-order chi connectivity index (χ1) is 25.3. The summed E-state index contributed by atoms with van der Waals surface area (Å²) in [4.78, 5) is 0. The second-order valence-corrected chi connectivity index (χ2v) is 13.3. The maximum absolute atomic E-state index is 6.50. The van der Waals surface area contributed by atoms with E-state index in [0.717, 1.165) is 73.5 Å². The molecule has 242 valence electrons. The maximum atomic E-state index is 6.50. The van der Waals surface area contributed by atoms with E-state index in [4.69, 9.17) is 9.15 Å². The summed E-state index contributed by atoms with van der Waals surface area (Å²) in [6.45, 7) is 0. The number of furan rings is 1. The summed E-state index contributed by atoms with van der Waals surface area (Å²) in [5.41, 5.74) is 14.4. The van der Waals surface area contributed by atoms with Crippen molar-refractivity contribution in [2.45, 2.75) is 12.3 Å². The quantitative estimate of drug-likeness (QED) is 0.194. The van der Waals surface area contributed by atoms with E-state index in [1.165, 1.54) is 27.8 Å². The zero-order valence-electron chi connectivity index (χ0n) is 27.8. The van der Waals surface area contributed by atoms with Gasteiger partial charge in [0.15, 0.2) is 0 Å². The molecule has 1 aromatic heterocycles. The molecule has 1 aliphatic carbocycles. The van der Waals surface area contributed by atoms with Crippen molar-refractivity contribution in [1.82, 2.24) is 0 Å². The van der Waals surface area contributed by atoms with Crippen LogP contribution in [0.1, 0.15) is 23.5 Å². The minimum absolute atomic E-state index is 0.276. The molecule has 1 unspecified atom stereocenters. The van der Waals surface area contributed by atoms with Crippen LogP contribution in [0.4, 0.5) is 11.4 Å². The molecule has 10 rings (SSSR count). The maximum Gasteiger partial charge on any atom is 0.137 e. The van der Waals surface area contributed by atoms with E-state index in [1.54, 1.807) is 0 Å². The van der Waals surface area contributed by atoms with Crippen molar-refractivity contribution in [3.8, 4) is 39.1 Å². The van der Waals surface area contributed by atoms with Crippen molar-refractivity contribution < 1.29 is 9.15 Å².